The predicted molar refractivity (Wildman–Crippen MR) is 54.7 cm³/mol. The van der Waals surface area contributed by atoms with Gasteiger partial charge in [-0.1, -0.05) is 19.4 Å². The number of fused-ring (bicyclic) bond motifs is 1. The molecule has 2 nitrogen and oxygen atoms in total. The minimum absolute atomic E-state index is 0.0324. The molecule has 14 heavy (non-hydrogen) atoms. The van der Waals surface area contributed by atoms with Crippen molar-refractivity contribution in [1.29, 1.82) is 0 Å². The van der Waals surface area contributed by atoms with E-state index in [1.165, 1.54) is 18.9 Å². The SMILES string of the molecule is CC(=O)OC1C=C(C)C2CC12C(C)C. The molecule has 2 aliphatic carbocycles. The van der Waals surface area contributed by atoms with Gasteiger partial charge in [0, 0.05) is 12.3 Å². The lowest BCUT2D eigenvalue weighted by Gasteiger charge is -2.25. The Kier molecular flexibility index (Phi) is 1.98. The van der Waals surface area contributed by atoms with E-state index < -0.39 is 0 Å². The van der Waals surface area contributed by atoms with Crippen molar-refractivity contribution in [3.05, 3.63) is 11.6 Å². The topological polar surface area (TPSA) is 26.3 Å². The van der Waals surface area contributed by atoms with E-state index in [0.717, 1.165) is 0 Å². The van der Waals surface area contributed by atoms with Gasteiger partial charge >= 0.3 is 5.97 Å². The van der Waals surface area contributed by atoms with Gasteiger partial charge in [0.25, 0.3) is 0 Å². The molecular formula is C12H18O2. The van der Waals surface area contributed by atoms with E-state index in [1.807, 2.05) is 0 Å². The van der Waals surface area contributed by atoms with Crippen LogP contribution in [0.3, 0.4) is 0 Å². The third kappa shape index (κ3) is 1.13. The first-order valence-corrected chi connectivity index (χ1v) is 5.34. The summed E-state index contributed by atoms with van der Waals surface area (Å²) in [5.74, 6) is 1.10. The minimum atomic E-state index is -0.161. The van der Waals surface area contributed by atoms with Crippen LogP contribution in [0.4, 0.5) is 0 Å². The second kappa shape index (κ2) is 2.85. The molecule has 2 aliphatic rings. The number of carbonyl (C=O) groups excluding carboxylic acids is 1. The fraction of sp³-hybridized carbons (Fsp3) is 0.750. The normalized spacial score (nSPS) is 39.4. The molecule has 0 bridgehead atoms. The zero-order valence-corrected chi connectivity index (χ0v) is 9.33. The molecule has 0 aliphatic heterocycles. The Morgan fingerprint density at radius 2 is 2.29 bits per heavy atom. The van der Waals surface area contributed by atoms with Crippen molar-refractivity contribution in [2.24, 2.45) is 17.3 Å². The van der Waals surface area contributed by atoms with Crippen LogP contribution in [0.2, 0.25) is 0 Å². The van der Waals surface area contributed by atoms with E-state index in [9.17, 15) is 4.79 Å². The molecular weight excluding hydrogens is 176 g/mol. The van der Waals surface area contributed by atoms with Gasteiger partial charge in [-0.25, -0.2) is 0 Å². The lowest BCUT2D eigenvalue weighted by atomic mass is 9.87. The van der Waals surface area contributed by atoms with Crippen molar-refractivity contribution in [1.82, 2.24) is 0 Å². The molecule has 0 amide bonds. The summed E-state index contributed by atoms with van der Waals surface area (Å²) in [5.41, 5.74) is 1.65. The molecule has 78 valence electrons. The molecule has 0 heterocycles. The van der Waals surface area contributed by atoms with Crippen LogP contribution in [0.25, 0.3) is 0 Å². The molecule has 0 N–H and O–H groups in total. The lowest BCUT2D eigenvalue weighted by Crippen LogP contribution is -2.28. The number of ether oxygens (including phenoxy) is 1. The molecule has 3 unspecified atom stereocenters. The van der Waals surface area contributed by atoms with Crippen molar-refractivity contribution < 1.29 is 9.53 Å². The van der Waals surface area contributed by atoms with Gasteiger partial charge < -0.3 is 4.74 Å². The van der Waals surface area contributed by atoms with E-state index in [0.29, 0.717) is 11.8 Å². The maximum absolute atomic E-state index is 11.0. The average Bonchev–Trinajstić information content (AvgIpc) is 2.71. The summed E-state index contributed by atoms with van der Waals surface area (Å²) >= 11 is 0. The van der Waals surface area contributed by atoms with E-state index in [2.05, 4.69) is 26.8 Å². The van der Waals surface area contributed by atoms with Gasteiger partial charge in [0.2, 0.25) is 0 Å². The van der Waals surface area contributed by atoms with Crippen LogP contribution in [-0.2, 0) is 9.53 Å². The number of allylic oxidation sites excluding steroid dienone is 1. The second-order valence-corrected chi connectivity index (χ2v) is 4.96. The first kappa shape index (κ1) is 9.75. The van der Waals surface area contributed by atoms with E-state index in [4.69, 9.17) is 4.74 Å². The third-order valence-corrected chi connectivity index (χ3v) is 3.91. The molecule has 2 rings (SSSR count). The Morgan fingerprint density at radius 3 is 2.71 bits per heavy atom. The standard InChI is InChI=1S/C12H18O2/c1-7(2)12-6-10(12)8(3)5-11(12)14-9(4)13/h5,7,10-11H,6H2,1-4H3. The van der Waals surface area contributed by atoms with E-state index in [1.54, 1.807) is 0 Å². The van der Waals surface area contributed by atoms with Gasteiger partial charge in [-0.05, 0) is 31.3 Å². The van der Waals surface area contributed by atoms with Crippen molar-refractivity contribution in [3.63, 3.8) is 0 Å². The summed E-state index contributed by atoms with van der Waals surface area (Å²) in [6.07, 6.45) is 3.37. The van der Waals surface area contributed by atoms with Gasteiger partial charge in [-0.2, -0.15) is 0 Å². The largest absolute Gasteiger partial charge is 0.458 e. The maximum atomic E-state index is 11.0. The van der Waals surface area contributed by atoms with Crippen molar-refractivity contribution >= 4 is 5.97 Å². The summed E-state index contributed by atoms with van der Waals surface area (Å²) in [7, 11) is 0. The van der Waals surface area contributed by atoms with Gasteiger partial charge in [0.05, 0.1) is 0 Å². The van der Waals surface area contributed by atoms with Crippen LogP contribution in [0.15, 0.2) is 11.6 Å². The fourth-order valence-electron chi connectivity index (χ4n) is 2.99. The highest BCUT2D eigenvalue weighted by Gasteiger charge is 2.65. The molecule has 3 atom stereocenters. The Morgan fingerprint density at radius 1 is 1.64 bits per heavy atom. The van der Waals surface area contributed by atoms with Gasteiger partial charge in [0.1, 0.15) is 6.10 Å². The number of carbonyl (C=O) groups is 1. The third-order valence-electron chi connectivity index (χ3n) is 3.91. The van der Waals surface area contributed by atoms with Crippen LogP contribution >= 0.6 is 0 Å². The zero-order chi connectivity index (χ0) is 10.5. The molecule has 0 aromatic carbocycles. The maximum Gasteiger partial charge on any atom is 0.303 e. The molecule has 2 heteroatoms. The number of rotatable bonds is 2. The van der Waals surface area contributed by atoms with Crippen molar-refractivity contribution in [3.8, 4) is 0 Å². The molecule has 0 aromatic rings. The summed E-state index contributed by atoms with van der Waals surface area (Å²) in [6.45, 7) is 8.09. The molecule has 1 fully saturated rings. The summed E-state index contributed by atoms with van der Waals surface area (Å²) < 4.78 is 5.38. The quantitative estimate of drug-likeness (QED) is 0.499. The average molecular weight is 194 g/mol. The summed E-state index contributed by atoms with van der Waals surface area (Å²) in [5, 5.41) is 0. The number of hydrogen-bond donors (Lipinski definition) is 0. The van der Waals surface area contributed by atoms with Crippen molar-refractivity contribution in [2.75, 3.05) is 0 Å². The number of esters is 1. The molecule has 0 radical (unpaired) electrons. The Labute approximate surface area is 85.3 Å². The minimum Gasteiger partial charge on any atom is -0.458 e. The van der Waals surface area contributed by atoms with Crippen LogP contribution in [0, 0.1) is 17.3 Å². The molecule has 0 spiro atoms. The molecule has 0 saturated heterocycles. The first-order valence-electron chi connectivity index (χ1n) is 5.34. The van der Waals surface area contributed by atoms with Crippen LogP contribution in [0.5, 0.6) is 0 Å². The zero-order valence-electron chi connectivity index (χ0n) is 9.33. The van der Waals surface area contributed by atoms with E-state index >= 15 is 0 Å². The van der Waals surface area contributed by atoms with Crippen LogP contribution < -0.4 is 0 Å². The molecule has 0 aromatic heterocycles. The lowest BCUT2D eigenvalue weighted by molar-refractivity contribution is -0.147. The van der Waals surface area contributed by atoms with Crippen LogP contribution in [0.1, 0.15) is 34.1 Å². The van der Waals surface area contributed by atoms with E-state index in [-0.39, 0.29) is 17.5 Å². The van der Waals surface area contributed by atoms with Gasteiger partial charge in [-0.3, -0.25) is 4.79 Å². The highest BCUT2D eigenvalue weighted by Crippen LogP contribution is 2.67. The highest BCUT2D eigenvalue weighted by atomic mass is 16.5. The monoisotopic (exact) mass is 194 g/mol. The Bertz CT molecular complexity index is 303. The molecule has 1 saturated carbocycles. The first-order chi connectivity index (χ1) is 6.48. The summed E-state index contributed by atoms with van der Waals surface area (Å²) in [6, 6.07) is 0. The Hall–Kier alpha value is -0.790. The fourth-order valence-corrected chi connectivity index (χ4v) is 2.99. The van der Waals surface area contributed by atoms with Gasteiger partial charge in [0.15, 0.2) is 0 Å². The van der Waals surface area contributed by atoms with Crippen LogP contribution in [-0.4, -0.2) is 12.1 Å². The Balaban J connectivity index is 2.19. The second-order valence-electron chi connectivity index (χ2n) is 4.96. The van der Waals surface area contributed by atoms with Gasteiger partial charge in [-0.15, -0.1) is 0 Å². The number of hydrogen-bond acceptors (Lipinski definition) is 2. The van der Waals surface area contributed by atoms with Crippen molar-refractivity contribution in [2.45, 2.75) is 40.2 Å². The predicted octanol–water partition coefficient (Wildman–Crippen LogP) is 2.54. The summed E-state index contributed by atoms with van der Waals surface area (Å²) in [4.78, 5) is 11.0. The smallest absolute Gasteiger partial charge is 0.303 e. The highest BCUT2D eigenvalue weighted by molar-refractivity contribution is 5.67.